The lowest BCUT2D eigenvalue weighted by atomic mass is 10.2. The van der Waals surface area contributed by atoms with E-state index in [1.165, 1.54) is 10.4 Å². The number of nitrogens with one attached hydrogen (secondary N) is 2. The molecule has 1 aromatic heterocycles. The van der Waals surface area contributed by atoms with Crippen LogP contribution in [0.5, 0.6) is 5.75 Å². The molecule has 124 valence electrons. The first-order valence-electron chi connectivity index (χ1n) is 7.62. The van der Waals surface area contributed by atoms with Gasteiger partial charge in [-0.1, -0.05) is 12.1 Å². The monoisotopic (exact) mass is 332 g/mol. The summed E-state index contributed by atoms with van der Waals surface area (Å²) in [6.07, 6.45) is 0.905. The molecule has 0 unspecified atom stereocenters. The molecule has 0 atom stereocenters. The van der Waals surface area contributed by atoms with Gasteiger partial charge in [0.05, 0.1) is 17.8 Å². The standard InChI is InChI=1S/C17H24N4OS/c1-12-13(2)23-16(21-12)9-10-19-17(18-3)20-11-14-5-7-15(22-4)8-6-14/h5-8H,9-11H2,1-4H3,(H2,18,19,20). The Morgan fingerprint density at radius 3 is 2.52 bits per heavy atom. The maximum Gasteiger partial charge on any atom is 0.191 e. The van der Waals surface area contributed by atoms with Gasteiger partial charge in [-0.25, -0.2) is 4.98 Å². The van der Waals surface area contributed by atoms with E-state index in [9.17, 15) is 0 Å². The minimum Gasteiger partial charge on any atom is -0.497 e. The van der Waals surface area contributed by atoms with Gasteiger partial charge in [-0.3, -0.25) is 4.99 Å². The Morgan fingerprint density at radius 2 is 1.96 bits per heavy atom. The van der Waals surface area contributed by atoms with Crippen LogP contribution < -0.4 is 15.4 Å². The summed E-state index contributed by atoms with van der Waals surface area (Å²) in [7, 11) is 3.45. The zero-order chi connectivity index (χ0) is 16.7. The molecule has 0 saturated carbocycles. The van der Waals surface area contributed by atoms with Crippen LogP contribution in [0.25, 0.3) is 0 Å². The molecule has 0 aliphatic heterocycles. The van der Waals surface area contributed by atoms with E-state index in [0.29, 0.717) is 0 Å². The molecule has 23 heavy (non-hydrogen) atoms. The van der Waals surface area contributed by atoms with Crippen molar-refractivity contribution in [2.24, 2.45) is 4.99 Å². The van der Waals surface area contributed by atoms with E-state index in [4.69, 9.17) is 4.74 Å². The Bertz CT molecular complexity index is 630. The van der Waals surface area contributed by atoms with Crippen LogP contribution in [0.15, 0.2) is 29.3 Å². The summed E-state index contributed by atoms with van der Waals surface area (Å²) in [5.41, 5.74) is 2.31. The summed E-state index contributed by atoms with van der Waals surface area (Å²) < 4.78 is 5.16. The molecule has 2 aromatic rings. The van der Waals surface area contributed by atoms with Crippen LogP contribution in [0.1, 0.15) is 21.1 Å². The van der Waals surface area contributed by atoms with Crippen LogP contribution in [-0.4, -0.2) is 31.6 Å². The van der Waals surface area contributed by atoms with E-state index in [2.05, 4.69) is 34.5 Å². The highest BCUT2D eigenvalue weighted by Gasteiger charge is 2.04. The molecule has 0 saturated heterocycles. The van der Waals surface area contributed by atoms with Gasteiger partial charge in [0.1, 0.15) is 5.75 Å². The van der Waals surface area contributed by atoms with E-state index in [-0.39, 0.29) is 0 Å². The summed E-state index contributed by atoms with van der Waals surface area (Å²) in [6, 6.07) is 8.00. The lowest BCUT2D eigenvalue weighted by Crippen LogP contribution is -2.37. The predicted molar refractivity (Wildman–Crippen MR) is 96.5 cm³/mol. The van der Waals surface area contributed by atoms with Crippen molar-refractivity contribution in [2.75, 3.05) is 20.7 Å². The van der Waals surface area contributed by atoms with Crippen LogP contribution >= 0.6 is 11.3 Å². The fraction of sp³-hybridized carbons (Fsp3) is 0.412. The third-order valence-corrected chi connectivity index (χ3v) is 4.68. The molecule has 2 rings (SSSR count). The fourth-order valence-corrected chi connectivity index (χ4v) is 3.02. The van der Waals surface area contributed by atoms with E-state index >= 15 is 0 Å². The Kier molecular flexibility index (Phi) is 6.40. The maximum atomic E-state index is 5.16. The molecular weight excluding hydrogens is 308 g/mol. The van der Waals surface area contributed by atoms with Gasteiger partial charge in [-0.05, 0) is 31.5 Å². The van der Waals surface area contributed by atoms with Crippen LogP contribution in [0.4, 0.5) is 0 Å². The number of thiazole rings is 1. The largest absolute Gasteiger partial charge is 0.497 e. The van der Waals surface area contributed by atoms with E-state index < -0.39 is 0 Å². The number of methoxy groups -OCH3 is 1. The third kappa shape index (κ3) is 5.25. The number of aliphatic imine (C=N–C) groups is 1. The van der Waals surface area contributed by atoms with Crippen LogP contribution in [0, 0.1) is 13.8 Å². The number of nitrogens with zero attached hydrogens (tertiary/aromatic N) is 2. The van der Waals surface area contributed by atoms with Crippen molar-refractivity contribution in [3.05, 3.63) is 45.4 Å². The smallest absolute Gasteiger partial charge is 0.191 e. The van der Waals surface area contributed by atoms with Gasteiger partial charge in [0.2, 0.25) is 0 Å². The van der Waals surface area contributed by atoms with Gasteiger partial charge >= 0.3 is 0 Å². The van der Waals surface area contributed by atoms with Crippen molar-refractivity contribution in [1.82, 2.24) is 15.6 Å². The molecular formula is C17H24N4OS. The lowest BCUT2D eigenvalue weighted by Gasteiger charge is -2.11. The zero-order valence-corrected chi connectivity index (χ0v) is 15.0. The number of aryl methyl sites for hydroxylation is 2. The van der Waals surface area contributed by atoms with E-state index in [0.717, 1.165) is 41.9 Å². The average Bonchev–Trinajstić information content (AvgIpc) is 2.89. The summed E-state index contributed by atoms with van der Waals surface area (Å²) in [5, 5.41) is 7.79. The molecule has 5 nitrogen and oxygen atoms in total. The molecule has 6 heteroatoms. The molecule has 0 aliphatic carbocycles. The maximum absolute atomic E-state index is 5.16. The Balaban J connectivity index is 1.76. The normalized spacial score (nSPS) is 11.4. The van der Waals surface area contributed by atoms with Crippen molar-refractivity contribution in [2.45, 2.75) is 26.8 Å². The van der Waals surface area contributed by atoms with Gasteiger partial charge in [0, 0.05) is 31.4 Å². The topological polar surface area (TPSA) is 58.5 Å². The first kappa shape index (κ1) is 17.3. The van der Waals surface area contributed by atoms with Crippen molar-refractivity contribution < 1.29 is 4.74 Å². The summed E-state index contributed by atoms with van der Waals surface area (Å²) in [4.78, 5) is 10.1. The second-order valence-electron chi connectivity index (χ2n) is 5.20. The number of ether oxygens (including phenoxy) is 1. The molecule has 0 fully saturated rings. The zero-order valence-electron chi connectivity index (χ0n) is 14.1. The molecule has 0 aliphatic rings. The number of rotatable bonds is 6. The molecule has 1 heterocycles. The van der Waals surface area contributed by atoms with Gasteiger partial charge in [0.25, 0.3) is 0 Å². The van der Waals surface area contributed by atoms with Gasteiger partial charge in [0.15, 0.2) is 5.96 Å². The summed E-state index contributed by atoms with van der Waals surface area (Å²) in [6.45, 7) is 5.70. The minimum absolute atomic E-state index is 0.721. The van der Waals surface area contributed by atoms with Crippen LogP contribution in [0.2, 0.25) is 0 Å². The van der Waals surface area contributed by atoms with Crippen LogP contribution in [0.3, 0.4) is 0 Å². The fourth-order valence-electron chi connectivity index (χ4n) is 2.08. The van der Waals surface area contributed by atoms with E-state index in [1.807, 2.05) is 24.3 Å². The van der Waals surface area contributed by atoms with Crippen LogP contribution in [-0.2, 0) is 13.0 Å². The van der Waals surface area contributed by atoms with E-state index in [1.54, 1.807) is 25.5 Å². The SMILES string of the molecule is CN=C(NCCc1nc(C)c(C)s1)NCc1ccc(OC)cc1. The first-order valence-corrected chi connectivity index (χ1v) is 8.44. The molecule has 0 radical (unpaired) electrons. The molecule has 0 bridgehead atoms. The number of hydrogen-bond acceptors (Lipinski definition) is 4. The quantitative estimate of drug-likeness (QED) is 0.631. The molecule has 2 N–H and O–H groups in total. The highest BCUT2D eigenvalue weighted by molar-refractivity contribution is 7.11. The lowest BCUT2D eigenvalue weighted by molar-refractivity contribution is 0.414. The van der Waals surface area contributed by atoms with Crippen molar-refractivity contribution in [3.8, 4) is 5.75 Å². The summed E-state index contributed by atoms with van der Waals surface area (Å²) >= 11 is 1.76. The summed E-state index contributed by atoms with van der Waals surface area (Å²) in [5.74, 6) is 1.66. The number of aromatic nitrogens is 1. The second kappa shape index (κ2) is 8.53. The highest BCUT2D eigenvalue weighted by atomic mass is 32.1. The highest BCUT2D eigenvalue weighted by Crippen LogP contribution is 2.16. The van der Waals surface area contributed by atoms with Gasteiger partial charge < -0.3 is 15.4 Å². The van der Waals surface area contributed by atoms with Crippen molar-refractivity contribution in [3.63, 3.8) is 0 Å². The predicted octanol–water partition coefficient (Wildman–Crippen LogP) is 2.68. The number of hydrogen-bond donors (Lipinski definition) is 2. The first-order chi connectivity index (χ1) is 11.1. The third-order valence-electron chi connectivity index (χ3n) is 3.55. The number of benzene rings is 1. The minimum atomic E-state index is 0.721. The second-order valence-corrected chi connectivity index (χ2v) is 6.49. The Labute approximate surface area is 141 Å². The average molecular weight is 332 g/mol. The van der Waals surface area contributed by atoms with Gasteiger partial charge in [-0.15, -0.1) is 11.3 Å². The van der Waals surface area contributed by atoms with Crippen molar-refractivity contribution in [1.29, 1.82) is 0 Å². The van der Waals surface area contributed by atoms with Crippen molar-refractivity contribution >= 4 is 17.3 Å². The number of guanidine groups is 1. The Morgan fingerprint density at radius 1 is 1.22 bits per heavy atom. The Hall–Kier alpha value is -2.08. The molecule has 1 aromatic carbocycles. The molecule has 0 spiro atoms. The van der Waals surface area contributed by atoms with Gasteiger partial charge in [-0.2, -0.15) is 0 Å². The molecule has 0 amide bonds.